The van der Waals surface area contributed by atoms with Gasteiger partial charge in [-0.3, -0.25) is 4.79 Å². The van der Waals surface area contributed by atoms with Crippen molar-refractivity contribution >= 4 is 15.7 Å². The summed E-state index contributed by atoms with van der Waals surface area (Å²) in [5.41, 5.74) is 0.143. The normalized spacial score (nSPS) is 17.7. The summed E-state index contributed by atoms with van der Waals surface area (Å²) in [4.78, 5) is 12.4. The maximum Gasteiger partial charge on any atom is 0.241 e. The van der Waals surface area contributed by atoms with Crippen LogP contribution >= 0.6 is 0 Å². The number of nitrogens with one attached hydrogen (secondary N) is 2. The fourth-order valence-electron chi connectivity index (χ4n) is 2.80. The van der Waals surface area contributed by atoms with Crippen molar-refractivity contribution in [2.24, 2.45) is 0 Å². The van der Waals surface area contributed by atoms with Gasteiger partial charge in [-0.1, -0.05) is 0 Å². The average Bonchev–Trinajstić information content (AvgIpc) is 2.50. The monoisotopic (exact) mass is 346 g/mol. The fraction of sp³-hybridized carbons (Fsp3) is 0.533. The number of carbonyl (C=O) groups excluding carboxylic acids is 1. The number of benzene rings is 1. The van der Waals surface area contributed by atoms with Crippen LogP contribution in [0.5, 0.6) is 0 Å². The van der Waals surface area contributed by atoms with Gasteiger partial charge in [0.05, 0.1) is 0 Å². The highest BCUT2D eigenvalue weighted by Gasteiger charge is 2.48. The molecular formula is C15H20F2N2O3S. The van der Waals surface area contributed by atoms with Crippen LogP contribution in [0.4, 0.5) is 8.78 Å². The summed E-state index contributed by atoms with van der Waals surface area (Å²) in [6.45, 7) is 0.932. The Morgan fingerprint density at radius 3 is 2.57 bits per heavy atom. The molecule has 0 saturated carbocycles. The van der Waals surface area contributed by atoms with Gasteiger partial charge < -0.3 is 10.6 Å². The predicted octanol–water partition coefficient (Wildman–Crippen LogP) is 0.790. The van der Waals surface area contributed by atoms with E-state index in [1.54, 1.807) is 0 Å². The van der Waals surface area contributed by atoms with Gasteiger partial charge in [-0.05, 0) is 56.1 Å². The zero-order valence-corrected chi connectivity index (χ0v) is 13.7. The van der Waals surface area contributed by atoms with Gasteiger partial charge in [0.25, 0.3) is 0 Å². The molecule has 1 amide bonds. The van der Waals surface area contributed by atoms with E-state index in [9.17, 15) is 22.0 Å². The fourth-order valence-corrected chi connectivity index (χ4v) is 4.16. The first-order chi connectivity index (χ1) is 10.8. The number of piperidine rings is 1. The van der Waals surface area contributed by atoms with E-state index in [-0.39, 0.29) is 31.4 Å². The number of rotatable bonds is 5. The molecule has 1 fully saturated rings. The molecule has 0 radical (unpaired) electrons. The van der Waals surface area contributed by atoms with Gasteiger partial charge in [0.2, 0.25) is 5.91 Å². The van der Waals surface area contributed by atoms with Crippen molar-refractivity contribution in [1.82, 2.24) is 10.6 Å². The molecule has 2 N–H and O–H groups in total. The van der Waals surface area contributed by atoms with Crippen molar-refractivity contribution < 1.29 is 22.0 Å². The van der Waals surface area contributed by atoms with Crippen LogP contribution in [-0.4, -0.2) is 45.0 Å². The quantitative estimate of drug-likeness (QED) is 0.827. The highest BCUT2D eigenvalue weighted by Crippen LogP contribution is 2.28. The van der Waals surface area contributed by atoms with Gasteiger partial charge in [0.15, 0.2) is 14.6 Å². The van der Waals surface area contributed by atoms with Crippen LogP contribution in [0.3, 0.4) is 0 Å². The van der Waals surface area contributed by atoms with Crippen LogP contribution in [0.1, 0.15) is 18.4 Å². The lowest BCUT2D eigenvalue weighted by molar-refractivity contribution is -0.124. The van der Waals surface area contributed by atoms with Gasteiger partial charge in [-0.15, -0.1) is 0 Å². The SMILES string of the molecule is CS(=O)(=O)C1(C(=O)NCCc2cc(F)ccc2F)CCNCC1. The van der Waals surface area contributed by atoms with Crippen LogP contribution in [-0.2, 0) is 21.1 Å². The minimum absolute atomic E-state index is 0.0455. The maximum absolute atomic E-state index is 13.5. The molecule has 0 unspecified atom stereocenters. The van der Waals surface area contributed by atoms with E-state index >= 15 is 0 Å². The first-order valence-electron chi connectivity index (χ1n) is 7.39. The Hall–Kier alpha value is -1.54. The number of hydrogen-bond acceptors (Lipinski definition) is 4. The van der Waals surface area contributed by atoms with Crippen LogP contribution in [0.2, 0.25) is 0 Å². The van der Waals surface area contributed by atoms with E-state index in [4.69, 9.17) is 0 Å². The molecule has 1 aliphatic heterocycles. The molecule has 0 atom stereocenters. The molecule has 0 spiro atoms. The van der Waals surface area contributed by atoms with Crippen LogP contribution < -0.4 is 10.6 Å². The largest absolute Gasteiger partial charge is 0.354 e. The summed E-state index contributed by atoms with van der Waals surface area (Å²) in [6.07, 6.45) is 1.55. The van der Waals surface area contributed by atoms with Crippen molar-refractivity contribution in [3.05, 3.63) is 35.4 Å². The van der Waals surface area contributed by atoms with E-state index in [0.717, 1.165) is 24.5 Å². The Morgan fingerprint density at radius 1 is 1.30 bits per heavy atom. The lowest BCUT2D eigenvalue weighted by Crippen LogP contribution is -2.57. The molecule has 1 aliphatic rings. The van der Waals surface area contributed by atoms with Gasteiger partial charge in [0.1, 0.15) is 11.6 Å². The molecule has 0 aromatic heterocycles. The Balaban J connectivity index is 2.04. The number of carbonyl (C=O) groups is 1. The summed E-state index contributed by atoms with van der Waals surface area (Å²) in [5, 5.41) is 5.59. The van der Waals surface area contributed by atoms with E-state index < -0.39 is 32.1 Å². The summed E-state index contributed by atoms with van der Waals surface area (Å²) < 4.78 is 49.4. The van der Waals surface area contributed by atoms with Crippen molar-refractivity contribution in [2.75, 3.05) is 25.9 Å². The molecular weight excluding hydrogens is 326 g/mol. The summed E-state index contributed by atoms with van der Waals surface area (Å²) >= 11 is 0. The smallest absolute Gasteiger partial charge is 0.241 e. The van der Waals surface area contributed by atoms with E-state index in [1.165, 1.54) is 0 Å². The number of hydrogen-bond donors (Lipinski definition) is 2. The standard InChI is InChI=1S/C15H20F2N2O3S/c1-23(21,22)15(5-8-18-9-6-15)14(20)19-7-4-11-10-12(16)2-3-13(11)17/h2-3,10,18H,4-9H2,1H3,(H,19,20). The Morgan fingerprint density at radius 2 is 1.96 bits per heavy atom. The third-order valence-electron chi connectivity index (χ3n) is 4.22. The maximum atomic E-state index is 13.5. The molecule has 2 rings (SSSR count). The Labute approximate surface area is 134 Å². The first kappa shape index (κ1) is 17.8. The van der Waals surface area contributed by atoms with Crippen LogP contribution in [0, 0.1) is 11.6 Å². The Bertz CT molecular complexity index is 686. The summed E-state index contributed by atoms with van der Waals surface area (Å²) in [7, 11) is -3.58. The topological polar surface area (TPSA) is 75.3 Å². The minimum Gasteiger partial charge on any atom is -0.354 e. The Kier molecular flexibility index (Phi) is 5.36. The van der Waals surface area contributed by atoms with Crippen molar-refractivity contribution in [2.45, 2.75) is 24.0 Å². The third-order valence-corrected chi connectivity index (χ3v) is 6.24. The minimum atomic E-state index is -3.58. The van der Waals surface area contributed by atoms with Crippen LogP contribution in [0.25, 0.3) is 0 Å². The lowest BCUT2D eigenvalue weighted by atomic mass is 9.95. The number of halogens is 2. The van der Waals surface area contributed by atoms with E-state index in [1.807, 2.05) is 0 Å². The molecule has 128 valence electrons. The third kappa shape index (κ3) is 3.87. The van der Waals surface area contributed by atoms with Crippen molar-refractivity contribution in [3.8, 4) is 0 Å². The molecule has 1 heterocycles. The molecule has 8 heteroatoms. The molecule has 1 aromatic carbocycles. The zero-order valence-electron chi connectivity index (χ0n) is 12.9. The highest BCUT2D eigenvalue weighted by molar-refractivity contribution is 7.92. The zero-order chi connectivity index (χ0) is 17.1. The highest BCUT2D eigenvalue weighted by atomic mass is 32.2. The number of sulfone groups is 1. The second-order valence-corrected chi connectivity index (χ2v) is 8.08. The predicted molar refractivity (Wildman–Crippen MR) is 82.8 cm³/mol. The summed E-state index contributed by atoms with van der Waals surface area (Å²) in [5.74, 6) is -1.68. The summed E-state index contributed by atoms with van der Waals surface area (Å²) in [6, 6.07) is 3.11. The second kappa shape index (κ2) is 6.92. The first-order valence-corrected chi connectivity index (χ1v) is 9.28. The second-order valence-electron chi connectivity index (χ2n) is 5.76. The van der Waals surface area contributed by atoms with Gasteiger partial charge >= 0.3 is 0 Å². The molecule has 0 bridgehead atoms. The molecule has 1 saturated heterocycles. The molecule has 5 nitrogen and oxygen atoms in total. The average molecular weight is 346 g/mol. The molecule has 1 aromatic rings. The van der Waals surface area contributed by atoms with Crippen LogP contribution in [0.15, 0.2) is 18.2 Å². The lowest BCUT2D eigenvalue weighted by Gasteiger charge is -2.34. The van der Waals surface area contributed by atoms with Crippen molar-refractivity contribution in [1.29, 1.82) is 0 Å². The number of amides is 1. The van der Waals surface area contributed by atoms with Gasteiger partial charge in [-0.2, -0.15) is 0 Å². The van der Waals surface area contributed by atoms with Gasteiger partial charge in [0, 0.05) is 12.8 Å². The van der Waals surface area contributed by atoms with E-state index in [0.29, 0.717) is 13.1 Å². The van der Waals surface area contributed by atoms with E-state index in [2.05, 4.69) is 10.6 Å². The molecule has 0 aliphatic carbocycles. The van der Waals surface area contributed by atoms with Crippen molar-refractivity contribution in [3.63, 3.8) is 0 Å². The molecule has 23 heavy (non-hydrogen) atoms. The van der Waals surface area contributed by atoms with Gasteiger partial charge in [-0.25, -0.2) is 17.2 Å².